The Labute approximate surface area is 126 Å². The van der Waals surface area contributed by atoms with Gasteiger partial charge in [-0.3, -0.25) is 0 Å². The van der Waals surface area contributed by atoms with E-state index in [0.717, 1.165) is 16.4 Å². The third-order valence-corrected chi connectivity index (χ3v) is 5.68. The van der Waals surface area contributed by atoms with Crippen LogP contribution in [-0.2, 0) is 4.57 Å². The van der Waals surface area contributed by atoms with Gasteiger partial charge in [-0.05, 0) is 11.1 Å². The largest absolute Gasteiger partial charge is 0.321 e. The van der Waals surface area contributed by atoms with Gasteiger partial charge in [0, 0.05) is 5.30 Å². The van der Waals surface area contributed by atoms with Crippen molar-refractivity contribution in [2.75, 3.05) is 0 Å². The molecule has 1 atom stereocenters. The smallest absolute Gasteiger partial charge is 0.115 e. The van der Waals surface area contributed by atoms with Gasteiger partial charge in [0.05, 0.1) is 5.66 Å². The molecule has 0 saturated carbocycles. The van der Waals surface area contributed by atoms with Crippen LogP contribution in [0.25, 0.3) is 0 Å². The molecule has 0 N–H and O–H groups in total. The lowest BCUT2D eigenvalue weighted by molar-refractivity contribution is 0.589. The molecule has 3 rings (SSSR count). The zero-order valence-corrected chi connectivity index (χ0v) is 12.6. The molecule has 0 saturated heterocycles. The lowest BCUT2D eigenvalue weighted by Crippen LogP contribution is -2.04. The van der Waals surface area contributed by atoms with Gasteiger partial charge in [-0.2, -0.15) is 0 Å². The van der Waals surface area contributed by atoms with Crippen molar-refractivity contribution in [3.63, 3.8) is 0 Å². The van der Waals surface area contributed by atoms with Crippen LogP contribution in [0.5, 0.6) is 0 Å². The number of rotatable bonds is 4. The van der Waals surface area contributed by atoms with Crippen molar-refractivity contribution in [2.45, 2.75) is 5.66 Å². The van der Waals surface area contributed by atoms with Crippen LogP contribution in [0.15, 0.2) is 91.0 Å². The Hall–Kier alpha value is -2.11. The molecule has 0 heterocycles. The topological polar surface area (TPSA) is 17.1 Å². The van der Waals surface area contributed by atoms with Crippen LogP contribution in [0.4, 0.5) is 0 Å². The normalized spacial score (nSPS) is 12.2. The minimum absolute atomic E-state index is 0.0696. The summed E-state index contributed by atoms with van der Waals surface area (Å²) in [6, 6.07) is 30.0. The van der Waals surface area contributed by atoms with E-state index >= 15 is 0 Å². The monoisotopic (exact) mass is 292 g/mol. The van der Waals surface area contributed by atoms with Crippen LogP contribution in [0.1, 0.15) is 16.8 Å². The van der Waals surface area contributed by atoms with E-state index in [-0.39, 0.29) is 5.66 Å². The highest BCUT2D eigenvalue weighted by atomic mass is 31.1. The summed E-state index contributed by atoms with van der Waals surface area (Å²) in [4.78, 5) is 0. The standard InChI is InChI=1S/C19H17OP/c20-21(18-14-8-3-9-15-18)19(16-10-4-1-5-11-16)17-12-6-2-7-13-17/h1-15,19,21H. The summed E-state index contributed by atoms with van der Waals surface area (Å²) >= 11 is 0. The van der Waals surface area contributed by atoms with Gasteiger partial charge in [-0.25, -0.2) is 0 Å². The quantitative estimate of drug-likeness (QED) is 0.639. The Morgan fingerprint density at radius 3 is 1.38 bits per heavy atom. The van der Waals surface area contributed by atoms with Crippen LogP contribution in [0.2, 0.25) is 0 Å². The van der Waals surface area contributed by atoms with E-state index in [4.69, 9.17) is 0 Å². The molecule has 0 fully saturated rings. The Morgan fingerprint density at radius 2 is 0.952 bits per heavy atom. The van der Waals surface area contributed by atoms with Crippen LogP contribution in [-0.4, -0.2) is 0 Å². The van der Waals surface area contributed by atoms with E-state index in [0.29, 0.717) is 0 Å². The van der Waals surface area contributed by atoms with Gasteiger partial charge in [0.25, 0.3) is 0 Å². The minimum Gasteiger partial charge on any atom is -0.321 e. The second-order valence-corrected chi connectivity index (χ2v) is 6.87. The Kier molecular flexibility index (Phi) is 4.33. The zero-order valence-electron chi connectivity index (χ0n) is 11.6. The highest BCUT2D eigenvalue weighted by Crippen LogP contribution is 2.45. The summed E-state index contributed by atoms with van der Waals surface area (Å²) in [7, 11) is -1.96. The lowest BCUT2D eigenvalue weighted by Gasteiger charge is -2.18. The summed E-state index contributed by atoms with van der Waals surface area (Å²) in [5, 5.41) is 0.931. The SMILES string of the molecule is O=[PH](c1ccccc1)C(c1ccccc1)c1ccccc1. The molecule has 104 valence electrons. The fourth-order valence-corrected chi connectivity index (χ4v) is 4.40. The average Bonchev–Trinajstić information content (AvgIpc) is 2.58. The van der Waals surface area contributed by atoms with Crippen LogP contribution in [0.3, 0.4) is 0 Å². The van der Waals surface area contributed by atoms with Crippen molar-refractivity contribution in [2.24, 2.45) is 0 Å². The first kappa shape index (κ1) is 13.9. The summed E-state index contributed by atoms with van der Waals surface area (Å²) in [5.41, 5.74) is 2.15. The van der Waals surface area contributed by atoms with E-state index in [1.54, 1.807) is 0 Å². The van der Waals surface area contributed by atoms with Gasteiger partial charge < -0.3 is 4.57 Å². The van der Waals surface area contributed by atoms with E-state index in [2.05, 4.69) is 24.3 Å². The first-order chi connectivity index (χ1) is 10.4. The molecular weight excluding hydrogens is 275 g/mol. The third-order valence-electron chi connectivity index (χ3n) is 3.59. The molecule has 0 bridgehead atoms. The average molecular weight is 292 g/mol. The molecule has 0 radical (unpaired) electrons. The maximum absolute atomic E-state index is 13.1. The van der Waals surface area contributed by atoms with E-state index in [1.165, 1.54) is 0 Å². The number of hydrogen-bond acceptors (Lipinski definition) is 1. The van der Waals surface area contributed by atoms with Crippen molar-refractivity contribution >= 4 is 13.1 Å². The molecule has 1 unspecified atom stereocenters. The molecule has 1 nitrogen and oxygen atoms in total. The van der Waals surface area contributed by atoms with Crippen molar-refractivity contribution in [1.29, 1.82) is 0 Å². The van der Waals surface area contributed by atoms with E-state index in [9.17, 15) is 4.57 Å². The van der Waals surface area contributed by atoms with Crippen molar-refractivity contribution in [1.82, 2.24) is 0 Å². The Balaban J connectivity index is 2.07. The molecule has 0 spiro atoms. The predicted octanol–water partition coefficient (Wildman–Crippen LogP) is 4.66. The van der Waals surface area contributed by atoms with Gasteiger partial charge >= 0.3 is 0 Å². The second-order valence-electron chi connectivity index (χ2n) is 4.98. The maximum Gasteiger partial charge on any atom is 0.115 e. The van der Waals surface area contributed by atoms with E-state index < -0.39 is 7.80 Å². The minimum atomic E-state index is -1.96. The molecule has 21 heavy (non-hydrogen) atoms. The zero-order chi connectivity index (χ0) is 14.5. The summed E-state index contributed by atoms with van der Waals surface area (Å²) in [6.45, 7) is 0. The Morgan fingerprint density at radius 1 is 0.571 bits per heavy atom. The number of hydrogen-bond donors (Lipinski definition) is 0. The maximum atomic E-state index is 13.1. The lowest BCUT2D eigenvalue weighted by atomic mass is 10.0. The van der Waals surface area contributed by atoms with Gasteiger partial charge in [-0.15, -0.1) is 0 Å². The molecule has 0 aliphatic carbocycles. The fourth-order valence-electron chi connectivity index (χ4n) is 2.56. The third kappa shape index (κ3) is 3.15. The van der Waals surface area contributed by atoms with Crippen molar-refractivity contribution in [3.05, 3.63) is 102 Å². The van der Waals surface area contributed by atoms with Crippen molar-refractivity contribution < 1.29 is 4.57 Å². The first-order valence-corrected chi connectivity index (χ1v) is 8.54. The van der Waals surface area contributed by atoms with Crippen LogP contribution < -0.4 is 5.30 Å². The molecule has 0 aliphatic heterocycles. The summed E-state index contributed by atoms with van der Waals surface area (Å²) in [5.74, 6) is 0. The van der Waals surface area contributed by atoms with Crippen LogP contribution in [0, 0.1) is 0 Å². The molecule has 3 aromatic carbocycles. The second kappa shape index (κ2) is 6.56. The number of benzene rings is 3. The highest BCUT2D eigenvalue weighted by Gasteiger charge is 2.21. The van der Waals surface area contributed by atoms with Crippen LogP contribution >= 0.6 is 7.80 Å². The first-order valence-electron chi connectivity index (χ1n) is 7.05. The van der Waals surface area contributed by atoms with Gasteiger partial charge in [0.2, 0.25) is 0 Å². The highest BCUT2D eigenvalue weighted by molar-refractivity contribution is 7.54. The molecule has 3 aromatic rings. The fraction of sp³-hybridized carbons (Fsp3) is 0.0526. The van der Waals surface area contributed by atoms with Gasteiger partial charge in [-0.1, -0.05) is 91.0 Å². The summed E-state index contributed by atoms with van der Waals surface area (Å²) in [6.07, 6.45) is 0. The van der Waals surface area contributed by atoms with E-state index in [1.807, 2.05) is 66.7 Å². The summed E-state index contributed by atoms with van der Waals surface area (Å²) < 4.78 is 13.1. The molecule has 0 aliphatic rings. The molecule has 0 amide bonds. The van der Waals surface area contributed by atoms with Gasteiger partial charge in [0.1, 0.15) is 7.80 Å². The molecule has 2 heteroatoms. The molecular formula is C19H17OP. The predicted molar refractivity (Wildman–Crippen MR) is 89.8 cm³/mol. The Bertz CT molecular complexity index is 669. The van der Waals surface area contributed by atoms with Gasteiger partial charge in [0.15, 0.2) is 0 Å². The van der Waals surface area contributed by atoms with Crippen molar-refractivity contribution in [3.8, 4) is 0 Å². The molecule has 0 aromatic heterocycles.